The van der Waals surface area contributed by atoms with Gasteiger partial charge in [-0.05, 0) is 31.6 Å². The zero-order chi connectivity index (χ0) is 8.39. The number of hydrogen-bond acceptors (Lipinski definition) is 2. The van der Waals surface area contributed by atoms with E-state index in [0.29, 0.717) is 6.04 Å². The predicted octanol–water partition coefficient (Wildman–Crippen LogP) is 1.55. The molecule has 2 aliphatic rings. The number of hydrogen-bond donors (Lipinski definition) is 1. The van der Waals surface area contributed by atoms with Gasteiger partial charge in [-0.3, -0.25) is 0 Å². The summed E-state index contributed by atoms with van der Waals surface area (Å²) in [5.74, 6) is 0.982. The Morgan fingerprint density at radius 1 is 1.42 bits per heavy atom. The highest BCUT2D eigenvalue weighted by Crippen LogP contribution is 2.34. The third kappa shape index (κ3) is 1.99. The Bertz CT molecular complexity index is 139. The second-order valence-electron chi connectivity index (χ2n) is 4.08. The number of rotatable bonds is 4. The molecule has 1 saturated carbocycles. The number of nitrogens with one attached hydrogen (secondary N) is 1. The molecule has 2 rings (SSSR count). The lowest BCUT2D eigenvalue weighted by molar-refractivity contribution is 0.186. The molecule has 0 aromatic carbocycles. The quantitative estimate of drug-likeness (QED) is 0.689. The second kappa shape index (κ2) is 3.75. The van der Waals surface area contributed by atoms with Crippen LogP contribution in [0.15, 0.2) is 0 Å². The Morgan fingerprint density at radius 2 is 2.25 bits per heavy atom. The molecule has 1 heterocycles. The first-order valence-corrected chi connectivity index (χ1v) is 5.24. The molecule has 0 amide bonds. The van der Waals surface area contributed by atoms with Crippen molar-refractivity contribution >= 4 is 0 Å². The van der Waals surface area contributed by atoms with E-state index in [4.69, 9.17) is 4.74 Å². The first-order chi connectivity index (χ1) is 5.90. The van der Waals surface area contributed by atoms with Gasteiger partial charge in [0.15, 0.2) is 0 Å². The van der Waals surface area contributed by atoms with Crippen LogP contribution in [0.5, 0.6) is 0 Å². The van der Waals surface area contributed by atoms with Crippen LogP contribution < -0.4 is 5.32 Å². The molecule has 2 atom stereocenters. The molecule has 0 aromatic heterocycles. The van der Waals surface area contributed by atoms with Gasteiger partial charge in [0.05, 0.1) is 6.61 Å². The van der Waals surface area contributed by atoms with Crippen molar-refractivity contribution in [3.63, 3.8) is 0 Å². The molecule has 2 nitrogen and oxygen atoms in total. The average Bonchev–Trinajstić information content (AvgIpc) is 2.80. The van der Waals surface area contributed by atoms with Crippen molar-refractivity contribution in [2.45, 2.75) is 44.7 Å². The van der Waals surface area contributed by atoms with Crippen molar-refractivity contribution in [3.05, 3.63) is 0 Å². The van der Waals surface area contributed by atoms with Crippen molar-refractivity contribution in [3.8, 4) is 0 Å². The molecule has 1 saturated heterocycles. The molecule has 2 unspecified atom stereocenters. The molecule has 1 aliphatic carbocycles. The lowest BCUT2D eigenvalue weighted by atomic mass is 10.1. The van der Waals surface area contributed by atoms with E-state index in [9.17, 15) is 0 Å². The van der Waals surface area contributed by atoms with Crippen molar-refractivity contribution in [1.82, 2.24) is 5.32 Å². The minimum Gasteiger partial charge on any atom is -0.380 e. The molecule has 1 N–H and O–H groups in total. The van der Waals surface area contributed by atoms with Crippen LogP contribution in [-0.2, 0) is 4.74 Å². The number of ether oxygens (including phenoxy) is 1. The molecule has 0 radical (unpaired) electrons. The average molecular weight is 169 g/mol. The lowest BCUT2D eigenvalue weighted by Crippen LogP contribution is -2.39. The van der Waals surface area contributed by atoms with Crippen molar-refractivity contribution < 1.29 is 4.74 Å². The van der Waals surface area contributed by atoms with Gasteiger partial charge in [-0.15, -0.1) is 0 Å². The molecule has 0 aromatic rings. The van der Waals surface area contributed by atoms with Gasteiger partial charge in [0, 0.05) is 18.7 Å². The van der Waals surface area contributed by atoms with Crippen LogP contribution in [0, 0.1) is 5.92 Å². The second-order valence-corrected chi connectivity index (χ2v) is 4.08. The van der Waals surface area contributed by atoms with Crippen LogP contribution >= 0.6 is 0 Å². The van der Waals surface area contributed by atoms with E-state index in [1.807, 2.05) is 0 Å². The molecule has 0 bridgehead atoms. The molecule has 2 fully saturated rings. The summed E-state index contributed by atoms with van der Waals surface area (Å²) in [6, 6.07) is 1.42. The van der Waals surface area contributed by atoms with Gasteiger partial charge < -0.3 is 10.1 Å². The molecular formula is C10H19NO. The van der Waals surface area contributed by atoms with E-state index >= 15 is 0 Å². The van der Waals surface area contributed by atoms with Gasteiger partial charge in [0.25, 0.3) is 0 Å². The minimum atomic E-state index is 0.649. The van der Waals surface area contributed by atoms with E-state index < -0.39 is 0 Å². The zero-order valence-corrected chi connectivity index (χ0v) is 7.88. The molecular weight excluding hydrogens is 150 g/mol. The fraction of sp³-hybridized carbons (Fsp3) is 1.00. The Kier molecular flexibility index (Phi) is 2.66. The third-order valence-corrected chi connectivity index (χ3v) is 3.01. The Labute approximate surface area is 74.7 Å². The van der Waals surface area contributed by atoms with Gasteiger partial charge in [-0.2, -0.15) is 0 Å². The smallest absolute Gasteiger partial charge is 0.0620 e. The molecule has 70 valence electrons. The molecule has 0 spiro atoms. The summed E-state index contributed by atoms with van der Waals surface area (Å²) in [5, 5.41) is 3.70. The largest absolute Gasteiger partial charge is 0.380 e. The monoisotopic (exact) mass is 169 g/mol. The highest BCUT2D eigenvalue weighted by molar-refractivity contribution is 4.88. The zero-order valence-electron chi connectivity index (χ0n) is 7.88. The van der Waals surface area contributed by atoms with Crippen LogP contribution in [0.2, 0.25) is 0 Å². The summed E-state index contributed by atoms with van der Waals surface area (Å²) in [5.41, 5.74) is 0. The highest BCUT2D eigenvalue weighted by Gasteiger charge is 2.31. The third-order valence-electron chi connectivity index (χ3n) is 3.01. The SMILES string of the molecule is CCC(NC1CCOC1)C1CC1. The fourth-order valence-corrected chi connectivity index (χ4v) is 2.05. The van der Waals surface area contributed by atoms with Crippen LogP contribution in [0.4, 0.5) is 0 Å². The lowest BCUT2D eigenvalue weighted by Gasteiger charge is -2.20. The summed E-state index contributed by atoms with van der Waals surface area (Å²) < 4.78 is 5.34. The topological polar surface area (TPSA) is 21.3 Å². The standard InChI is InChI=1S/C10H19NO/c1-2-10(8-3-4-8)11-9-5-6-12-7-9/h8-11H,2-7H2,1H3. The summed E-state index contributed by atoms with van der Waals surface area (Å²) in [7, 11) is 0. The molecule has 1 aliphatic heterocycles. The maximum absolute atomic E-state index is 5.34. The maximum Gasteiger partial charge on any atom is 0.0620 e. The van der Waals surface area contributed by atoms with Gasteiger partial charge in [0.1, 0.15) is 0 Å². The summed E-state index contributed by atoms with van der Waals surface area (Å²) in [4.78, 5) is 0. The van der Waals surface area contributed by atoms with Gasteiger partial charge in [-0.25, -0.2) is 0 Å². The van der Waals surface area contributed by atoms with Crippen molar-refractivity contribution in [2.24, 2.45) is 5.92 Å². The highest BCUT2D eigenvalue weighted by atomic mass is 16.5. The van der Waals surface area contributed by atoms with E-state index in [2.05, 4.69) is 12.2 Å². The van der Waals surface area contributed by atoms with E-state index in [0.717, 1.165) is 25.2 Å². The first-order valence-electron chi connectivity index (χ1n) is 5.24. The maximum atomic E-state index is 5.34. The molecule has 12 heavy (non-hydrogen) atoms. The van der Waals surface area contributed by atoms with Crippen molar-refractivity contribution in [2.75, 3.05) is 13.2 Å². The van der Waals surface area contributed by atoms with Crippen LogP contribution in [0.1, 0.15) is 32.6 Å². The van der Waals surface area contributed by atoms with E-state index in [1.165, 1.54) is 25.7 Å². The van der Waals surface area contributed by atoms with Crippen LogP contribution in [-0.4, -0.2) is 25.3 Å². The van der Waals surface area contributed by atoms with Gasteiger partial charge in [0.2, 0.25) is 0 Å². The Hall–Kier alpha value is -0.0800. The first kappa shape index (κ1) is 8.52. The van der Waals surface area contributed by atoms with Crippen molar-refractivity contribution in [1.29, 1.82) is 0 Å². The van der Waals surface area contributed by atoms with Crippen LogP contribution in [0.25, 0.3) is 0 Å². The van der Waals surface area contributed by atoms with Gasteiger partial charge in [-0.1, -0.05) is 6.92 Å². The summed E-state index contributed by atoms with van der Waals surface area (Å²) >= 11 is 0. The van der Waals surface area contributed by atoms with E-state index in [1.54, 1.807) is 0 Å². The minimum absolute atomic E-state index is 0.649. The summed E-state index contributed by atoms with van der Waals surface area (Å²) in [6.07, 6.45) is 5.38. The van der Waals surface area contributed by atoms with Gasteiger partial charge >= 0.3 is 0 Å². The Morgan fingerprint density at radius 3 is 2.75 bits per heavy atom. The molecule has 2 heteroatoms. The predicted molar refractivity (Wildman–Crippen MR) is 49.2 cm³/mol. The van der Waals surface area contributed by atoms with Crippen LogP contribution in [0.3, 0.4) is 0 Å². The Balaban J connectivity index is 1.74. The van der Waals surface area contributed by atoms with E-state index in [-0.39, 0.29) is 0 Å². The normalized spacial score (nSPS) is 32.2. The summed E-state index contributed by atoms with van der Waals surface area (Å²) in [6.45, 7) is 4.17. The fourth-order valence-electron chi connectivity index (χ4n) is 2.05.